The Hall–Kier alpha value is -2.22. The van der Waals surface area contributed by atoms with E-state index >= 15 is 0 Å². The van der Waals surface area contributed by atoms with Gasteiger partial charge in [0.15, 0.2) is 0 Å². The van der Waals surface area contributed by atoms with E-state index in [2.05, 4.69) is 9.82 Å². The molecule has 2 rings (SSSR count). The average molecular weight is 325 g/mol. The summed E-state index contributed by atoms with van der Waals surface area (Å²) in [6, 6.07) is 4.89. The summed E-state index contributed by atoms with van der Waals surface area (Å²) in [5.74, 6) is 0.935. The minimum Gasteiger partial charge on any atom is -0.497 e. The Morgan fingerprint density at radius 2 is 2.00 bits per heavy atom. The zero-order valence-electron chi connectivity index (χ0n) is 13.0. The molecule has 1 aromatic carbocycles. The van der Waals surface area contributed by atoms with Gasteiger partial charge in [-0.2, -0.15) is 5.10 Å². The topological polar surface area (TPSA) is 82.5 Å². The molecule has 0 atom stereocenters. The number of nitrogens with zero attached hydrogens (tertiary/aromatic N) is 2. The van der Waals surface area contributed by atoms with Crippen LogP contribution in [0.25, 0.3) is 0 Å². The van der Waals surface area contributed by atoms with Crippen LogP contribution in [-0.4, -0.2) is 32.4 Å². The van der Waals surface area contributed by atoms with Crippen LogP contribution >= 0.6 is 0 Å². The van der Waals surface area contributed by atoms with Gasteiger partial charge in [0.1, 0.15) is 16.4 Å². The zero-order chi connectivity index (χ0) is 16.3. The zero-order valence-corrected chi connectivity index (χ0v) is 13.8. The van der Waals surface area contributed by atoms with Crippen molar-refractivity contribution in [2.45, 2.75) is 25.3 Å². The summed E-state index contributed by atoms with van der Waals surface area (Å²) in [6.07, 6.45) is 1.34. The quantitative estimate of drug-likeness (QED) is 0.878. The Balaban J connectivity index is 2.42. The predicted octanol–water partition coefficient (Wildman–Crippen LogP) is 2.03. The highest BCUT2D eigenvalue weighted by Gasteiger charge is 2.22. The fourth-order valence-electron chi connectivity index (χ4n) is 2.11. The van der Waals surface area contributed by atoms with Crippen LogP contribution in [0.3, 0.4) is 0 Å². The third-order valence-electron chi connectivity index (χ3n) is 3.30. The first-order valence-corrected chi connectivity index (χ1v) is 8.18. The number of benzene rings is 1. The van der Waals surface area contributed by atoms with Crippen molar-refractivity contribution >= 4 is 15.7 Å². The highest BCUT2D eigenvalue weighted by atomic mass is 32.2. The van der Waals surface area contributed by atoms with E-state index in [0.29, 0.717) is 29.4 Å². The second-order valence-corrected chi connectivity index (χ2v) is 6.23. The molecule has 1 heterocycles. The second-order valence-electron chi connectivity index (χ2n) is 4.58. The monoisotopic (exact) mass is 325 g/mol. The number of rotatable bonds is 6. The molecule has 0 radical (unpaired) electrons. The lowest BCUT2D eigenvalue weighted by Gasteiger charge is -2.13. The van der Waals surface area contributed by atoms with Crippen molar-refractivity contribution in [1.29, 1.82) is 0 Å². The van der Waals surface area contributed by atoms with Gasteiger partial charge >= 0.3 is 0 Å². The average Bonchev–Trinajstić information content (AvgIpc) is 2.88. The summed E-state index contributed by atoms with van der Waals surface area (Å²) in [7, 11) is -0.778. The van der Waals surface area contributed by atoms with Crippen molar-refractivity contribution in [3.05, 3.63) is 30.1 Å². The molecule has 0 amide bonds. The molecular weight excluding hydrogens is 306 g/mol. The molecule has 120 valence electrons. The minimum absolute atomic E-state index is 0.138. The molecule has 0 bridgehead atoms. The molecule has 1 aromatic heterocycles. The smallest absolute Gasteiger partial charge is 0.265 e. The van der Waals surface area contributed by atoms with Crippen molar-refractivity contribution in [2.75, 3.05) is 18.9 Å². The van der Waals surface area contributed by atoms with E-state index in [0.717, 1.165) is 0 Å². The van der Waals surface area contributed by atoms with E-state index in [-0.39, 0.29) is 4.90 Å². The number of aryl methyl sites for hydroxylation is 1. The first-order chi connectivity index (χ1) is 10.4. The molecule has 0 fully saturated rings. The van der Waals surface area contributed by atoms with Gasteiger partial charge < -0.3 is 9.47 Å². The summed E-state index contributed by atoms with van der Waals surface area (Å²) in [6.45, 7) is 4.21. The Kier molecular flexibility index (Phi) is 4.60. The maximum Gasteiger partial charge on any atom is 0.265 e. The molecule has 2 aromatic rings. The normalized spacial score (nSPS) is 11.3. The van der Waals surface area contributed by atoms with Crippen molar-refractivity contribution in [1.82, 2.24) is 9.78 Å². The van der Waals surface area contributed by atoms with Gasteiger partial charge in [-0.1, -0.05) is 0 Å². The van der Waals surface area contributed by atoms with Gasteiger partial charge in [0.2, 0.25) is 0 Å². The lowest BCUT2D eigenvalue weighted by atomic mass is 10.3. The van der Waals surface area contributed by atoms with Crippen LogP contribution in [0.5, 0.6) is 11.5 Å². The number of nitrogens with one attached hydrogen (secondary N) is 1. The number of aromatic nitrogens is 2. The molecule has 0 unspecified atom stereocenters. The predicted molar refractivity (Wildman–Crippen MR) is 83.0 cm³/mol. The third kappa shape index (κ3) is 3.01. The molecule has 1 N–H and O–H groups in total. The highest BCUT2D eigenvalue weighted by molar-refractivity contribution is 7.92. The molecule has 8 heteroatoms. The molecule has 22 heavy (non-hydrogen) atoms. The van der Waals surface area contributed by atoms with E-state index in [4.69, 9.17) is 9.47 Å². The highest BCUT2D eigenvalue weighted by Crippen LogP contribution is 2.31. The number of ether oxygens (including phenoxy) is 2. The largest absolute Gasteiger partial charge is 0.497 e. The third-order valence-corrected chi connectivity index (χ3v) is 4.77. The van der Waals surface area contributed by atoms with Crippen LogP contribution in [-0.2, 0) is 16.6 Å². The Labute approximate surface area is 129 Å². The standard InChI is InChI=1S/C14H19N3O4S/c1-5-17-10(2)14(9-15-17)22(18,19)16-12-8-11(20-3)6-7-13(12)21-4/h6-9,16H,5H2,1-4H3. The number of methoxy groups -OCH3 is 2. The lowest BCUT2D eigenvalue weighted by Crippen LogP contribution is -2.15. The van der Waals surface area contributed by atoms with Gasteiger partial charge in [0.25, 0.3) is 10.0 Å². The number of hydrogen-bond donors (Lipinski definition) is 1. The van der Waals surface area contributed by atoms with Crippen LogP contribution in [0.15, 0.2) is 29.3 Å². The summed E-state index contributed by atoms with van der Waals surface area (Å²) in [4.78, 5) is 0.138. The first kappa shape index (κ1) is 16.2. The molecule has 0 saturated heterocycles. The fraction of sp³-hybridized carbons (Fsp3) is 0.357. The van der Waals surface area contributed by atoms with Crippen molar-refractivity contribution in [3.8, 4) is 11.5 Å². The van der Waals surface area contributed by atoms with E-state index in [1.165, 1.54) is 20.4 Å². The molecular formula is C14H19N3O4S. The van der Waals surface area contributed by atoms with Crippen molar-refractivity contribution < 1.29 is 17.9 Å². The van der Waals surface area contributed by atoms with Gasteiger partial charge in [0, 0.05) is 12.6 Å². The van der Waals surface area contributed by atoms with Crippen molar-refractivity contribution in [2.24, 2.45) is 0 Å². The van der Waals surface area contributed by atoms with E-state index in [9.17, 15) is 8.42 Å². The Bertz CT molecular complexity index is 768. The summed E-state index contributed by atoms with van der Waals surface area (Å²) < 4.78 is 39.6. The Morgan fingerprint density at radius 1 is 1.27 bits per heavy atom. The van der Waals surface area contributed by atoms with Gasteiger partial charge in [0.05, 0.1) is 31.8 Å². The second kappa shape index (κ2) is 6.27. The number of sulfonamides is 1. The van der Waals surface area contributed by atoms with Gasteiger partial charge in [-0.15, -0.1) is 0 Å². The van der Waals surface area contributed by atoms with Crippen LogP contribution < -0.4 is 14.2 Å². The molecule has 0 spiro atoms. The van der Waals surface area contributed by atoms with E-state index < -0.39 is 10.0 Å². The summed E-state index contributed by atoms with van der Waals surface area (Å²) in [5.41, 5.74) is 0.891. The molecule has 7 nitrogen and oxygen atoms in total. The molecule has 0 aliphatic heterocycles. The lowest BCUT2D eigenvalue weighted by molar-refractivity contribution is 0.405. The van der Waals surface area contributed by atoms with Crippen LogP contribution in [0, 0.1) is 6.92 Å². The maximum atomic E-state index is 12.6. The Morgan fingerprint density at radius 3 is 2.55 bits per heavy atom. The SMILES string of the molecule is CCn1ncc(S(=O)(=O)Nc2cc(OC)ccc2OC)c1C. The van der Waals surface area contributed by atoms with Gasteiger partial charge in [-0.3, -0.25) is 9.40 Å². The molecule has 0 aliphatic carbocycles. The summed E-state index contributed by atoms with van der Waals surface area (Å²) in [5, 5.41) is 4.06. The van der Waals surface area contributed by atoms with Crippen LogP contribution in [0.4, 0.5) is 5.69 Å². The van der Waals surface area contributed by atoms with Crippen molar-refractivity contribution in [3.63, 3.8) is 0 Å². The fourth-order valence-corrected chi connectivity index (χ4v) is 3.34. The first-order valence-electron chi connectivity index (χ1n) is 6.70. The number of hydrogen-bond acceptors (Lipinski definition) is 5. The molecule has 0 saturated carbocycles. The number of anilines is 1. The minimum atomic E-state index is -3.76. The van der Waals surface area contributed by atoms with Crippen LogP contribution in [0.2, 0.25) is 0 Å². The maximum absolute atomic E-state index is 12.6. The van der Waals surface area contributed by atoms with Crippen LogP contribution in [0.1, 0.15) is 12.6 Å². The van der Waals surface area contributed by atoms with E-state index in [1.807, 2.05) is 6.92 Å². The van der Waals surface area contributed by atoms with E-state index in [1.54, 1.807) is 29.8 Å². The molecule has 0 aliphatic rings. The van der Waals surface area contributed by atoms with Gasteiger partial charge in [-0.25, -0.2) is 8.42 Å². The van der Waals surface area contributed by atoms with Gasteiger partial charge in [-0.05, 0) is 26.0 Å². The summed E-state index contributed by atoms with van der Waals surface area (Å²) >= 11 is 0.